The van der Waals surface area contributed by atoms with Gasteiger partial charge in [-0.05, 0) is 39.9 Å². The Morgan fingerprint density at radius 3 is 2.67 bits per heavy atom. The van der Waals surface area contributed by atoms with Crippen LogP contribution in [0.4, 0.5) is 8.78 Å². The van der Waals surface area contributed by atoms with Crippen LogP contribution < -0.4 is 5.32 Å². The minimum absolute atomic E-state index is 0.0412. The highest BCUT2D eigenvalue weighted by Gasteiger charge is 2.46. The van der Waals surface area contributed by atoms with Gasteiger partial charge >= 0.3 is 0 Å². The highest BCUT2D eigenvalue weighted by molar-refractivity contribution is 9.10. The molecule has 0 aliphatic heterocycles. The van der Waals surface area contributed by atoms with Crippen LogP contribution in [0.15, 0.2) is 16.6 Å². The van der Waals surface area contributed by atoms with Gasteiger partial charge in [0, 0.05) is 23.5 Å². The summed E-state index contributed by atoms with van der Waals surface area (Å²) >= 11 is 9.17. The molecular weight excluding hydrogens is 324 g/mol. The van der Waals surface area contributed by atoms with Crippen molar-refractivity contribution >= 4 is 27.5 Å². The van der Waals surface area contributed by atoms with Gasteiger partial charge in [-0.2, -0.15) is 0 Å². The average Bonchev–Trinajstić information content (AvgIpc) is 2.32. The second kappa shape index (κ2) is 5.06. The van der Waals surface area contributed by atoms with Crippen LogP contribution in [-0.4, -0.2) is 11.4 Å². The summed E-state index contributed by atoms with van der Waals surface area (Å²) in [5.74, 6) is -1.06. The van der Waals surface area contributed by atoms with Gasteiger partial charge in [0.1, 0.15) is 11.6 Å². The molecule has 1 aromatic rings. The molecule has 0 aromatic heterocycles. The number of hydrogen-bond acceptors (Lipinski definition) is 1. The van der Waals surface area contributed by atoms with Crippen molar-refractivity contribution in [3.05, 3.63) is 33.8 Å². The third-order valence-electron chi connectivity index (χ3n) is 3.81. The van der Waals surface area contributed by atoms with Crippen molar-refractivity contribution in [2.45, 2.75) is 38.2 Å². The molecule has 2 atom stereocenters. The molecule has 1 aliphatic rings. The lowest BCUT2D eigenvalue weighted by atomic mass is 9.67. The number of halogens is 4. The van der Waals surface area contributed by atoms with Crippen molar-refractivity contribution in [1.29, 1.82) is 0 Å². The highest BCUT2D eigenvalue weighted by atomic mass is 79.9. The second-order valence-electron chi connectivity index (χ2n) is 5.28. The van der Waals surface area contributed by atoms with Crippen LogP contribution in [-0.2, 0) is 6.54 Å². The maximum Gasteiger partial charge on any atom is 0.144 e. The number of alkyl halides is 1. The van der Waals surface area contributed by atoms with Crippen LogP contribution >= 0.6 is 27.5 Å². The molecule has 18 heavy (non-hydrogen) atoms. The Bertz CT molecular complexity index is 465. The maximum atomic E-state index is 13.8. The molecular formula is C13H15BrClF2N. The highest BCUT2D eigenvalue weighted by Crippen LogP contribution is 2.44. The van der Waals surface area contributed by atoms with Crippen molar-refractivity contribution in [3.63, 3.8) is 0 Å². The van der Waals surface area contributed by atoms with Gasteiger partial charge in [-0.1, -0.05) is 13.8 Å². The molecule has 0 radical (unpaired) electrons. The standard InChI is InChI=1S/C13H15BrClF2N/c1-13(2)10(15)5-11(13)18-6-7-9(16)4-3-8(14)12(7)17/h3-4,10-11,18H,5-6H2,1-2H3. The molecule has 2 unspecified atom stereocenters. The first-order valence-corrected chi connectivity index (χ1v) is 7.06. The summed E-state index contributed by atoms with van der Waals surface area (Å²) in [6.07, 6.45) is 0.825. The number of nitrogens with one attached hydrogen (secondary N) is 1. The zero-order valence-corrected chi connectivity index (χ0v) is 12.6. The van der Waals surface area contributed by atoms with E-state index in [9.17, 15) is 8.78 Å². The predicted molar refractivity (Wildman–Crippen MR) is 72.7 cm³/mol. The summed E-state index contributed by atoms with van der Waals surface area (Å²) in [5.41, 5.74) is 0.0266. The van der Waals surface area contributed by atoms with Gasteiger partial charge in [-0.25, -0.2) is 8.78 Å². The Labute approximate surface area is 119 Å². The maximum absolute atomic E-state index is 13.8. The molecule has 0 heterocycles. The lowest BCUT2D eigenvalue weighted by molar-refractivity contribution is 0.115. The molecule has 0 bridgehead atoms. The lowest BCUT2D eigenvalue weighted by Crippen LogP contribution is -2.57. The molecule has 5 heteroatoms. The van der Waals surface area contributed by atoms with Gasteiger partial charge in [0.25, 0.3) is 0 Å². The summed E-state index contributed by atoms with van der Waals surface area (Å²) in [4.78, 5) is 0. The molecule has 0 spiro atoms. The van der Waals surface area contributed by atoms with Crippen LogP contribution in [0.2, 0.25) is 0 Å². The number of rotatable bonds is 3. The SMILES string of the molecule is CC1(C)C(Cl)CC1NCc1c(F)ccc(Br)c1F. The van der Waals surface area contributed by atoms with Crippen LogP contribution in [0.5, 0.6) is 0 Å². The Kier molecular flexibility index (Phi) is 4.00. The van der Waals surface area contributed by atoms with E-state index in [1.54, 1.807) is 0 Å². The zero-order valence-electron chi connectivity index (χ0n) is 10.2. The first kappa shape index (κ1) is 14.2. The van der Waals surface area contributed by atoms with Crippen molar-refractivity contribution in [2.24, 2.45) is 5.41 Å². The fraction of sp³-hybridized carbons (Fsp3) is 0.538. The summed E-state index contributed by atoms with van der Waals surface area (Å²) in [6.45, 7) is 4.29. The second-order valence-corrected chi connectivity index (χ2v) is 6.66. The van der Waals surface area contributed by atoms with Gasteiger partial charge in [-0.15, -0.1) is 11.6 Å². The Morgan fingerprint density at radius 1 is 1.44 bits per heavy atom. The van der Waals surface area contributed by atoms with Crippen molar-refractivity contribution in [3.8, 4) is 0 Å². The van der Waals surface area contributed by atoms with E-state index in [4.69, 9.17) is 11.6 Å². The summed E-state index contributed by atoms with van der Waals surface area (Å²) in [6, 6.07) is 2.83. The Balaban J connectivity index is 2.06. The van der Waals surface area contributed by atoms with E-state index >= 15 is 0 Å². The third kappa shape index (κ3) is 2.43. The first-order chi connectivity index (χ1) is 8.34. The van der Waals surface area contributed by atoms with E-state index in [0.29, 0.717) is 0 Å². The summed E-state index contributed by atoms with van der Waals surface area (Å²) in [5, 5.41) is 3.30. The average molecular weight is 339 g/mol. The summed E-state index contributed by atoms with van der Waals surface area (Å²) < 4.78 is 27.6. The Hall–Kier alpha value is -0.190. The van der Waals surface area contributed by atoms with Gasteiger partial charge in [0.05, 0.1) is 4.47 Å². The topological polar surface area (TPSA) is 12.0 Å². The van der Waals surface area contributed by atoms with Crippen LogP contribution in [0.25, 0.3) is 0 Å². The predicted octanol–water partition coefficient (Wildman–Crippen LogP) is 4.22. The molecule has 100 valence electrons. The van der Waals surface area contributed by atoms with Crippen molar-refractivity contribution in [2.75, 3.05) is 0 Å². The first-order valence-electron chi connectivity index (χ1n) is 5.84. The molecule has 0 amide bonds. The smallest absolute Gasteiger partial charge is 0.144 e. The van der Waals surface area contributed by atoms with Gasteiger partial charge < -0.3 is 5.32 Å². The van der Waals surface area contributed by atoms with Crippen molar-refractivity contribution < 1.29 is 8.78 Å². The van der Waals surface area contributed by atoms with E-state index in [0.717, 1.165) is 6.42 Å². The number of hydrogen-bond donors (Lipinski definition) is 1. The molecule has 1 aliphatic carbocycles. The van der Waals surface area contributed by atoms with E-state index < -0.39 is 11.6 Å². The fourth-order valence-corrected chi connectivity index (χ4v) is 2.88. The monoisotopic (exact) mass is 337 g/mol. The zero-order chi connectivity index (χ0) is 13.5. The van der Waals surface area contributed by atoms with E-state index in [1.807, 2.05) is 0 Å². The molecule has 1 saturated carbocycles. The molecule has 1 aromatic carbocycles. The van der Waals surface area contributed by atoms with Crippen molar-refractivity contribution in [1.82, 2.24) is 5.32 Å². The van der Waals surface area contributed by atoms with Crippen LogP contribution in [0, 0.1) is 17.0 Å². The van der Waals surface area contributed by atoms with Gasteiger partial charge in [-0.3, -0.25) is 0 Å². The molecule has 1 N–H and O–H groups in total. The lowest BCUT2D eigenvalue weighted by Gasteiger charge is -2.49. The molecule has 1 fully saturated rings. The third-order valence-corrected chi connectivity index (χ3v) is 5.17. The minimum Gasteiger partial charge on any atom is -0.309 e. The fourth-order valence-electron chi connectivity index (χ4n) is 2.17. The van der Waals surface area contributed by atoms with Crippen LogP contribution in [0.1, 0.15) is 25.8 Å². The molecule has 2 rings (SSSR count). The Morgan fingerprint density at radius 2 is 2.11 bits per heavy atom. The van der Waals surface area contributed by atoms with E-state index in [2.05, 4.69) is 35.1 Å². The largest absolute Gasteiger partial charge is 0.309 e. The summed E-state index contributed by atoms with van der Waals surface area (Å²) in [7, 11) is 0. The quantitative estimate of drug-likeness (QED) is 0.642. The minimum atomic E-state index is -0.540. The molecule has 0 saturated heterocycles. The van der Waals surface area contributed by atoms with Gasteiger partial charge in [0.2, 0.25) is 0 Å². The normalized spacial score (nSPS) is 25.9. The van der Waals surface area contributed by atoms with E-state index in [1.165, 1.54) is 12.1 Å². The van der Waals surface area contributed by atoms with E-state index in [-0.39, 0.29) is 33.4 Å². The number of benzene rings is 1. The van der Waals surface area contributed by atoms with Crippen LogP contribution in [0.3, 0.4) is 0 Å². The van der Waals surface area contributed by atoms with Gasteiger partial charge in [0.15, 0.2) is 0 Å². The molecule has 1 nitrogen and oxygen atoms in total.